The number of hydrogen-bond acceptors (Lipinski definition) is 2. The van der Waals surface area contributed by atoms with E-state index in [0.717, 1.165) is 12.6 Å². The second kappa shape index (κ2) is 7.66. The Morgan fingerprint density at radius 3 is 2.74 bits per heavy atom. The molecule has 0 saturated carbocycles. The molecule has 0 aliphatic carbocycles. The summed E-state index contributed by atoms with van der Waals surface area (Å²) in [7, 11) is 0. The van der Waals surface area contributed by atoms with Gasteiger partial charge < -0.3 is 10.6 Å². The summed E-state index contributed by atoms with van der Waals surface area (Å²) in [5, 5.41) is 7.24. The quantitative estimate of drug-likeness (QED) is 0.786. The first-order valence-corrected chi connectivity index (χ1v) is 7.77. The maximum atomic E-state index is 3.67. The van der Waals surface area contributed by atoms with E-state index in [1.807, 2.05) is 0 Å². The third-order valence-corrected chi connectivity index (χ3v) is 4.24. The molecule has 0 bridgehead atoms. The van der Waals surface area contributed by atoms with Crippen molar-refractivity contribution in [3.05, 3.63) is 35.9 Å². The standard InChI is InChI=1S/C17H28N2/c1-14(16-7-4-3-5-8-16)10-12-18-15(2)13-17-9-6-11-19-17/h3-5,7-8,14-15,17-19H,6,9-13H2,1-2H3. The van der Waals surface area contributed by atoms with Gasteiger partial charge in [0, 0.05) is 12.1 Å². The second-order valence-corrected chi connectivity index (χ2v) is 5.98. The van der Waals surface area contributed by atoms with E-state index in [1.165, 1.54) is 37.8 Å². The van der Waals surface area contributed by atoms with Crippen LogP contribution in [0, 0.1) is 0 Å². The van der Waals surface area contributed by atoms with E-state index < -0.39 is 0 Å². The van der Waals surface area contributed by atoms with E-state index in [-0.39, 0.29) is 0 Å². The SMILES string of the molecule is CC(CC1CCCN1)NCCC(C)c1ccccc1. The molecule has 2 heteroatoms. The van der Waals surface area contributed by atoms with E-state index in [9.17, 15) is 0 Å². The van der Waals surface area contributed by atoms with Crippen molar-refractivity contribution in [2.45, 2.75) is 57.5 Å². The fraction of sp³-hybridized carbons (Fsp3) is 0.647. The van der Waals surface area contributed by atoms with Crippen molar-refractivity contribution in [1.82, 2.24) is 10.6 Å². The van der Waals surface area contributed by atoms with Crippen LogP contribution >= 0.6 is 0 Å². The number of rotatable bonds is 7. The van der Waals surface area contributed by atoms with Crippen LogP contribution in [0.5, 0.6) is 0 Å². The van der Waals surface area contributed by atoms with Gasteiger partial charge in [0.15, 0.2) is 0 Å². The molecule has 1 aliphatic heterocycles. The van der Waals surface area contributed by atoms with Crippen LogP contribution in [0.4, 0.5) is 0 Å². The Balaban J connectivity index is 1.62. The van der Waals surface area contributed by atoms with Crippen molar-refractivity contribution in [2.75, 3.05) is 13.1 Å². The lowest BCUT2D eigenvalue weighted by molar-refractivity contribution is 0.432. The van der Waals surface area contributed by atoms with Crippen LogP contribution in [0.1, 0.15) is 51.0 Å². The van der Waals surface area contributed by atoms with Crippen molar-refractivity contribution >= 4 is 0 Å². The summed E-state index contributed by atoms with van der Waals surface area (Å²) in [6.07, 6.45) is 5.18. The summed E-state index contributed by atoms with van der Waals surface area (Å²) in [5.74, 6) is 0.644. The Labute approximate surface area is 118 Å². The number of hydrogen-bond donors (Lipinski definition) is 2. The van der Waals surface area contributed by atoms with Crippen LogP contribution in [0.2, 0.25) is 0 Å². The van der Waals surface area contributed by atoms with E-state index >= 15 is 0 Å². The summed E-state index contributed by atoms with van der Waals surface area (Å²) < 4.78 is 0. The maximum absolute atomic E-state index is 3.67. The molecular weight excluding hydrogens is 232 g/mol. The lowest BCUT2D eigenvalue weighted by atomic mass is 9.97. The average Bonchev–Trinajstić information content (AvgIpc) is 2.92. The highest BCUT2D eigenvalue weighted by Gasteiger charge is 2.16. The largest absolute Gasteiger partial charge is 0.314 e. The van der Waals surface area contributed by atoms with Gasteiger partial charge in [0.2, 0.25) is 0 Å². The van der Waals surface area contributed by atoms with Gasteiger partial charge in [-0.1, -0.05) is 37.3 Å². The second-order valence-electron chi connectivity index (χ2n) is 5.98. The number of nitrogens with one attached hydrogen (secondary N) is 2. The first-order valence-electron chi connectivity index (χ1n) is 7.77. The van der Waals surface area contributed by atoms with Gasteiger partial charge in [-0.15, -0.1) is 0 Å². The van der Waals surface area contributed by atoms with Crippen LogP contribution in [0.15, 0.2) is 30.3 Å². The fourth-order valence-corrected chi connectivity index (χ4v) is 2.96. The van der Waals surface area contributed by atoms with Gasteiger partial charge in [0.25, 0.3) is 0 Å². The highest BCUT2D eigenvalue weighted by atomic mass is 15.0. The van der Waals surface area contributed by atoms with Crippen molar-refractivity contribution in [3.63, 3.8) is 0 Å². The van der Waals surface area contributed by atoms with Gasteiger partial charge in [-0.2, -0.15) is 0 Å². The Kier molecular flexibility index (Phi) is 5.87. The molecule has 2 N–H and O–H groups in total. The molecule has 1 saturated heterocycles. The predicted octanol–water partition coefficient (Wildman–Crippen LogP) is 3.30. The monoisotopic (exact) mass is 260 g/mol. The normalized spacial score (nSPS) is 22.3. The van der Waals surface area contributed by atoms with Crippen molar-refractivity contribution in [2.24, 2.45) is 0 Å². The Hall–Kier alpha value is -0.860. The van der Waals surface area contributed by atoms with E-state index in [0.29, 0.717) is 12.0 Å². The Morgan fingerprint density at radius 1 is 1.26 bits per heavy atom. The van der Waals surface area contributed by atoms with Crippen LogP contribution in [-0.4, -0.2) is 25.2 Å². The van der Waals surface area contributed by atoms with Gasteiger partial charge in [-0.3, -0.25) is 0 Å². The first kappa shape index (κ1) is 14.5. The molecule has 19 heavy (non-hydrogen) atoms. The van der Waals surface area contributed by atoms with Crippen LogP contribution in [-0.2, 0) is 0 Å². The molecule has 106 valence electrons. The molecule has 1 heterocycles. The molecule has 1 aromatic carbocycles. The third-order valence-electron chi connectivity index (χ3n) is 4.24. The molecule has 0 spiro atoms. The van der Waals surface area contributed by atoms with E-state index in [1.54, 1.807) is 0 Å². The van der Waals surface area contributed by atoms with Crippen LogP contribution in [0.3, 0.4) is 0 Å². The van der Waals surface area contributed by atoms with E-state index in [4.69, 9.17) is 0 Å². The number of benzene rings is 1. The summed E-state index contributed by atoms with van der Waals surface area (Å²) in [4.78, 5) is 0. The van der Waals surface area contributed by atoms with Gasteiger partial charge >= 0.3 is 0 Å². The molecule has 1 aromatic rings. The molecule has 1 fully saturated rings. The predicted molar refractivity (Wildman–Crippen MR) is 82.6 cm³/mol. The smallest absolute Gasteiger partial charge is 0.00822 e. The highest BCUT2D eigenvalue weighted by molar-refractivity contribution is 5.18. The lowest BCUT2D eigenvalue weighted by Gasteiger charge is -2.19. The zero-order valence-corrected chi connectivity index (χ0v) is 12.4. The minimum Gasteiger partial charge on any atom is -0.314 e. The topological polar surface area (TPSA) is 24.1 Å². The molecule has 3 unspecified atom stereocenters. The van der Waals surface area contributed by atoms with Gasteiger partial charge in [0.05, 0.1) is 0 Å². The zero-order chi connectivity index (χ0) is 13.5. The summed E-state index contributed by atoms with van der Waals surface area (Å²) in [6.45, 7) is 6.96. The van der Waals surface area contributed by atoms with E-state index in [2.05, 4.69) is 54.8 Å². The van der Waals surface area contributed by atoms with Gasteiger partial charge in [-0.25, -0.2) is 0 Å². The lowest BCUT2D eigenvalue weighted by Crippen LogP contribution is -2.34. The highest BCUT2D eigenvalue weighted by Crippen LogP contribution is 2.18. The third kappa shape index (κ3) is 4.96. The van der Waals surface area contributed by atoms with Crippen molar-refractivity contribution < 1.29 is 0 Å². The first-order chi connectivity index (χ1) is 9.25. The molecule has 2 nitrogen and oxygen atoms in total. The molecule has 3 atom stereocenters. The molecule has 1 aliphatic rings. The molecule has 0 radical (unpaired) electrons. The molecule has 0 aromatic heterocycles. The maximum Gasteiger partial charge on any atom is 0.00822 e. The van der Waals surface area contributed by atoms with Gasteiger partial charge in [-0.05, 0) is 57.2 Å². The molecule has 2 rings (SSSR count). The van der Waals surface area contributed by atoms with Crippen LogP contribution < -0.4 is 10.6 Å². The zero-order valence-electron chi connectivity index (χ0n) is 12.4. The minimum atomic E-state index is 0.624. The Morgan fingerprint density at radius 2 is 2.05 bits per heavy atom. The molecular formula is C17H28N2. The van der Waals surface area contributed by atoms with Gasteiger partial charge in [0.1, 0.15) is 0 Å². The van der Waals surface area contributed by atoms with Crippen molar-refractivity contribution in [3.8, 4) is 0 Å². The Bertz CT molecular complexity index is 344. The van der Waals surface area contributed by atoms with Crippen LogP contribution in [0.25, 0.3) is 0 Å². The van der Waals surface area contributed by atoms with Crippen molar-refractivity contribution in [1.29, 1.82) is 0 Å². The average molecular weight is 260 g/mol. The summed E-state index contributed by atoms with van der Waals surface area (Å²) in [5.41, 5.74) is 1.45. The summed E-state index contributed by atoms with van der Waals surface area (Å²) >= 11 is 0. The summed E-state index contributed by atoms with van der Waals surface area (Å²) in [6, 6.07) is 12.2. The fourth-order valence-electron chi connectivity index (χ4n) is 2.96. The minimum absolute atomic E-state index is 0.624. The molecule has 0 amide bonds.